The molecule has 1 saturated heterocycles. The molecular formula is C16H15ClN2O2S. The molecule has 3 rings (SSSR count). The van der Waals surface area contributed by atoms with Gasteiger partial charge in [0.25, 0.3) is 0 Å². The smallest absolute Gasteiger partial charge is 0.243 e. The van der Waals surface area contributed by atoms with E-state index in [-0.39, 0.29) is 17.9 Å². The molecule has 4 nitrogen and oxygen atoms in total. The number of halogens is 1. The molecule has 114 valence electrons. The Hall–Kier alpha value is -1.85. The summed E-state index contributed by atoms with van der Waals surface area (Å²) in [6.45, 7) is 0. The number of thiophene rings is 1. The maximum absolute atomic E-state index is 12.4. The van der Waals surface area contributed by atoms with Gasteiger partial charge in [-0.2, -0.15) is 11.3 Å². The standard InChI is InChI=1S/C16H15ClN2O2S/c17-12-3-1-10(2-4-12)15(11-7-8-22-9-11)19-16(21)13-5-6-14(20)18-13/h1-4,7-9,13,15H,5-6H2,(H,18,20)(H,19,21)/t13-,15?/m1/s1. The third kappa shape index (κ3) is 3.31. The third-order valence-electron chi connectivity index (χ3n) is 3.68. The predicted molar refractivity (Wildman–Crippen MR) is 86.9 cm³/mol. The fourth-order valence-electron chi connectivity index (χ4n) is 2.51. The van der Waals surface area contributed by atoms with E-state index < -0.39 is 6.04 Å². The molecule has 22 heavy (non-hydrogen) atoms. The minimum atomic E-state index is -0.444. The van der Waals surface area contributed by atoms with Crippen molar-refractivity contribution in [2.75, 3.05) is 0 Å². The number of carbonyl (C=O) groups excluding carboxylic acids is 2. The zero-order valence-electron chi connectivity index (χ0n) is 11.7. The highest BCUT2D eigenvalue weighted by Crippen LogP contribution is 2.26. The van der Waals surface area contributed by atoms with Crippen molar-refractivity contribution in [1.82, 2.24) is 10.6 Å². The lowest BCUT2D eigenvalue weighted by Crippen LogP contribution is -2.43. The van der Waals surface area contributed by atoms with Crippen LogP contribution in [0.5, 0.6) is 0 Å². The first kappa shape index (κ1) is 15.1. The maximum Gasteiger partial charge on any atom is 0.243 e. The largest absolute Gasteiger partial charge is 0.344 e. The Kier molecular flexibility index (Phi) is 4.45. The average molecular weight is 335 g/mol. The summed E-state index contributed by atoms with van der Waals surface area (Å²) in [5.41, 5.74) is 1.98. The van der Waals surface area contributed by atoms with Gasteiger partial charge in [0.1, 0.15) is 6.04 Å². The fourth-order valence-corrected chi connectivity index (χ4v) is 3.32. The molecule has 2 aromatic rings. The van der Waals surface area contributed by atoms with E-state index in [0.717, 1.165) is 11.1 Å². The van der Waals surface area contributed by atoms with Gasteiger partial charge in [0.2, 0.25) is 11.8 Å². The summed E-state index contributed by atoms with van der Waals surface area (Å²) in [5.74, 6) is -0.226. The molecule has 1 fully saturated rings. The van der Waals surface area contributed by atoms with E-state index in [9.17, 15) is 9.59 Å². The Morgan fingerprint density at radius 1 is 1.27 bits per heavy atom. The molecule has 2 N–H and O–H groups in total. The van der Waals surface area contributed by atoms with Gasteiger partial charge in [-0.3, -0.25) is 9.59 Å². The molecule has 1 aromatic heterocycles. The summed E-state index contributed by atoms with van der Waals surface area (Å²) in [6, 6.07) is 8.71. The SMILES string of the molecule is O=C1CC[C@H](C(=O)NC(c2ccc(Cl)cc2)c2ccsc2)N1. The van der Waals surface area contributed by atoms with Crippen LogP contribution < -0.4 is 10.6 Å². The number of nitrogens with one attached hydrogen (secondary N) is 2. The summed E-state index contributed by atoms with van der Waals surface area (Å²) >= 11 is 7.51. The Labute approximate surface area is 137 Å². The van der Waals surface area contributed by atoms with Crippen LogP contribution in [0.15, 0.2) is 41.1 Å². The van der Waals surface area contributed by atoms with Gasteiger partial charge in [-0.15, -0.1) is 0 Å². The van der Waals surface area contributed by atoms with Crippen LogP contribution in [-0.4, -0.2) is 17.9 Å². The van der Waals surface area contributed by atoms with Crippen LogP contribution in [-0.2, 0) is 9.59 Å². The molecule has 0 spiro atoms. The van der Waals surface area contributed by atoms with Crippen molar-refractivity contribution >= 4 is 34.8 Å². The molecule has 2 amide bonds. The Morgan fingerprint density at radius 3 is 2.64 bits per heavy atom. The van der Waals surface area contributed by atoms with Gasteiger partial charge >= 0.3 is 0 Å². The van der Waals surface area contributed by atoms with E-state index in [2.05, 4.69) is 10.6 Å². The fraction of sp³-hybridized carbons (Fsp3) is 0.250. The number of hydrogen-bond acceptors (Lipinski definition) is 3. The predicted octanol–water partition coefficient (Wildman–Crippen LogP) is 2.89. The van der Waals surface area contributed by atoms with Crippen molar-refractivity contribution in [1.29, 1.82) is 0 Å². The molecule has 0 aliphatic carbocycles. The highest BCUT2D eigenvalue weighted by molar-refractivity contribution is 7.08. The molecule has 6 heteroatoms. The molecule has 0 radical (unpaired) electrons. The van der Waals surface area contributed by atoms with Crippen LogP contribution in [0, 0.1) is 0 Å². The van der Waals surface area contributed by atoms with E-state index in [4.69, 9.17) is 11.6 Å². The number of hydrogen-bond donors (Lipinski definition) is 2. The van der Waals surface area contributed by atoms with Crippen molar-refractivity contribution in [3.8, 4) is 0 Å². The van der Waals surface area contributed by atoms with Gasteiger partial charge in [-0.25, -0.2) is 0 Å². The minimum Gasteiger partial charge on any atom is -0.344 e. The van der Waals surface area contributed by atoms with Crippen LogP contribution in [0.25, 0.3) is 0 Å². The first-order valence-corrected chi connectivity index (χ1v) is 8.33. The second-order valence-electron chi connectivity index (χ2n) is 5.21. The van der Waals surface area contributed by atoms with Crippen molar-refractivity contribution in [3.63, 3.8) is 0 Å². The maximum atomic E-state index is 12.4. The second kappa shape index (κ2) is 6.50. The van der Waals surface area contributed by atoms with Gasteiger partial charge in [0.15, 0.2) is 0 Å². The third-order valence-corrected chi connectivity index (χ3v) is 4.63. The van der Waals surface area contributed by atoms with E-state index in [0.29, 0.717) is 17.9 Å². The monoisotopic (exact) mass is 334 g/mol. The zero-order valence-corrected chi connectivity index (χ0v) is 13.3. The summed E-state index contributed by atoms with van der Waals surface area (Å²) < 4.78 is 0. The van der Waals surface area contributed by atoms with E-state index in [1.807, 2.05) is 29.0 Å². The molecule has 0 bridgehead atoms. The molecule has 1 aliphatic heterocycles. The minimum absolute atomic E-state index is 0.0706. The molecule has 1 unspecified atom stereocenters. The van der Waals surface area contributed by atoms with Crippen LogP contribution in [0.2, 0.25) is 5.02 Å². The second-order valence-corrected chi connectivity index (χ2v) is 6.43. The Balaban J connectivity index is 1.81. The average Bonchev–Trinajstić information content (AvgIpc) is 3.17. The normalized spacial score (nSPS) is 18.8. The van der Waals surface area contributed by atoms with Crippen molar-refractivity contribution in [2.24, 2.45) is 0 Å². The first-order chi connectivity index (χ1) is 10.6. The molecule has 0 saturated carbocycles. The van der Waals surface area contributed by atoms with E-state index in [1.54, 1.807) is 23.5 Å². The number of rotatable bonds is 4. The Bertz CT molecular complexity index is 670. The van der Waals surface area contributed by atoms with Crippen LogP contribution in [0.4, 0.5) is 0 Å². The lowest BCUT2D eigenvalue weighted by atomic mass is 10.0. The number of benzene rings is 1. The van der Waals surface area contributed by atoms with Gasteiger partial charge in [-0.05, 0) is 46.5 Å². The Morgan fingerprint density at radius 2 is 2.05 bits per heavy atom. The van der Waals surface area contributed by atoms with E-state index in [1.165, 1.54) is 0 Å². The quantitative estimate of drug-likeness (QED) is 0.903. The molecule has 1 aromatic carbocycles. The summed E-state index contributed by atoms with van der Waals surface area (Å²) in [7, 11) is 0. The topological polar surface area (TPSA) is 58.2 Å². The number of carbonyl (C=O) groups is 2. The highest BCUT2D eigenvalue weighted by Gasteiger charge is 2.29. The van der Waals surface area contributed by atoms with Crippen molar-refractivity contribution < 1.29 is 9.59 Å². The van der Waals surface area contributed by atoms with Crippen LogP contribution in [0.3, 0.4) is 0 Å². The molecular weight excluding hydrogens is 320 g/mol. The van der Waals surface area contributed by atoms with Gasteiger partial charge in [0, 0.05) is 11.4 Å². The first-order valence-electron chi connectivity index (χ1n) is 7.01. The highest BCUT2D eigenvalue weighted by atomic mass is 35.5. The number of amides is 2. The molecule has 2 heterocycles. The summed E-state index contributed by atoms with van der Waals surface area (Å²) in [5, 5.41) is 10.4. The lowest BCUT2D eigenvalue weighted by Gasteiger charge is -2.21. The summed E-state index contributed by atoms with van der Waals surface area (Å²) in [4.78, 5) is 23.7. The zero-order chi connectivity index (χ0) is 15.5. The molecule has 2 atom stereocenters. The lowest BCUT2D eigenvalue weighted by molar-refractivity contribution is -0.126. The molecule has 1 aliphatic rings. The summed E-state index contributed by atoms with van der Waals surface area (Å²) in [6.07, 6.45) is 0.948. The van der Waals surface area contributed by atoms with E-state index >= 15 is 0 Å². The van der Waals surface area contributed by atoms with Gasteiger partial charge in [-0.1, -0.05) is 23.7 Å². The van der Waals surface area contributed by atoms with Crippen molar-refractivity contribution in [3.05, 3.63) is 57.2 Å². The van der Waals surface area contributed by atoms with Gasteiger partial charge < -0.3 is 10.6 Å². The van der Waals surface area contributed by atoms with Crippen LogP contribution >= 0.6 is 22.9 Å². The van der Waals surface area contributed by atoms with Crippen LogP contribution in [0.1, 0.15) is 30.0 Å². The van der Waals surface area contributed by atoms with Crippen molar-refractivity contribution in [2.45, 2.75) is 24.9 Å². The van der Waals surface area contributed by atoms with Gasteiger partial charge in [0.05, 0.1) is 6.04 Å².